The van der Waals surface area contributed by atoms with Gasteiger partial charge in [0.05, 0.1) is 12.2 Å². The van der Waals surface area contributed by atoms with Gasteiger partial charge in [0.1, 0.15) is 12.3 Å². The second kappa shape index (κ2) is 10.3. The van der Waals surface area contributed by atoms with Crippen LogP contribution in [0.5, 0.6) is 5.75 Å². The van der Waals surface area contributed by atoms with Crippen LogP contribution in [0.25, 0.3) is 0 Å². The third-order valence-electron chi connectivity index (χ3n) is 3.53. The van der Waals surface area contributed by atoms with E-state index in [9.17, 15) is 14.4 Å². The van der Waals surface area contributed by atoms with Crippen LogP contribution in [0, 0.1) is 0 Å². The number of hydrogen-bond donors (Lipinski definition) is 2. The predicted octanol–water partition coefficient (Wildman–Crippen LogP) is 1.92. The third kappa shape index (κ3) is 6.82. The molecule has 0 atom stereocenters. The highest BCUT2D eigenvalue weighted by molar-refractivity contribution is 5.96. The molecule has 0 fully saturated rings. The molecule has 0 aromatic heterocycles. The van der Waals surface area contributed by atoms with Crippen LogP contribution in [-0.2, 0) is 9.59 Å². The van der Waals surface area contributed by atoms with Gasteiger partial charge in [0.2, 0.25) is 5.91 Å². The molecule has 0 aliphatic heterocycles. The van der Waals surface area contributed by atoms with Gasteiger partial charge in [-0.2, -0.15) is 0 Å². The molecule has 7 heteroatoms. The lowest BCUT2D eigenvalue weighted by molar-refractivity contribution is -0.145. The molecule has 0 aliphatic rings. The molecule has 138 valence electrons. The number of hydrogen-bond acceptors (Lipinski definition) is 4. The van der Waals surface area contributed by atoms with E-state index < -0.39 is 5.97 Å². The van der Waals surface area contributed by atoms with Gasteiger partial charge in [-0.25, -0.2) is 0 Å². The first kappa shape index (κ1) is 20.5. The van der Waals surface area contributed by atoms with Crippen molar-refractivity contribution in [1.82, 2.24) is 10.2 Å². The molecule has 0 radical (unpaired) electrons. The number of ether oxygens (including phenoxy) is 1. The predicted molar refractivity (Wildman–Crippen MR) is 93.7 cm³/mol. The third-order valence-corrected chi connectivity index (χ3v) is 3.53. The van der Waals surface area contributed by atoms with Crippen LogP contribution >= 0.6 is 0 Å². The number of rotatable bonds is 10. The molecule has 1 rings (SSSR count). The van der Waals surface area contributed by atoms with E-state index in [-0.39, 0.29) is 30.8 Å². The van der Waals surface area contributed by atoms with E-state index in [1.807, 2.05) is 6.92 Å². The van der Waals surface area contributed by atoms with E-state index in [1.54, 1.807) is 38.1 Å². The van der Waals surface area contributed by atoms with Crippen molar-refractivity contribution in [3.63, 3.8) is 0 Å². The summed E-state index contributed by atoms with van der Waals surface area (Å²) in [7, 11) is 0. The number of carbonyl (C=O) groups is 3. The van der Waals surface area contributed by atoms with Crippen molar-refractivity contribution in [2.24, 2.45) is 0 Å². The van der Waals surface area contributed by atoms with Gasteiger partial charge in [-0.3, -0.25) is 14.4 Å². The average Bonchev–Trinajstić information content (AvgIpc) is 2.56. The van der Waals surface area contributed by atoms with Crippen LogP contribution in [-0.4, -0.2) is 53.5 Å². The maximum absolute atomic E-state index is 12.2. The summed E-state index contributed by atoms with van der Waals surface area (Å²) in [6, 6.07) is 6.78. The summed E-state index contributed by atoms with van der Waals surface area (Å²) in [4.78, 5) is 36.4. The highest BCUT2D eigenvalue weighted by Gasteiger charge is 2.19. The second-order valence-corrected chi connectivity index (χ2v) is 5.80. The van der Waals surface area contributed by atoms with Gasteiger partial charge >= 0.3 is 5.97 Å². The SMILES string of the molecule is CCOc1ccccc1C(=O)NCCCC(=O)N(CC(=O)O)C(C)C. The zero-order valence-corrected chi connectivity index (χ0v) is 14.9. The molecular weight excluding hydrogens is 324 g/mol. The normalized spacial score (nSPS) is 10.4. The van der Waals surface area contributed by atoms with Crippen molar-refractivity contribution in [3.05, 3.63) is 29.8 Å². The lowest BCUT2D eigenvalue weighted by Crippen LogP contribution is -2.40. The fourth-order valence-corrected chi connectivity index (χ4v) is 2.32. The standard InChI is InChI=1S/C18H26N2O5/c1-4-25-15-9-6-5-8-14(15)18(24)19-11-7-10-16(21)20(13(2)3)12-17(22)23/h5-6,8-9,13H,4,7,10-12H2,1-3H3,(H,19,24)(H,22,23). The molecule has 1 aromatic rings. The number of carboxylic acids is 1. The number of aliphatic carboxylic acids is 1. The highest BCUT2D eigenvalue weighted by atomic mass is 16.5. The van der Waals surface area contributed by atoms with Gasteiger partial charge in [0, 0.05) is 19.0 Å². The monoisotopic (exact) mass is 350 g/mol. The fraction of sp³-hybridized carbons (Fsp3) is 0.500. The van der Waals surface area contributed by atoms with Crippen molar-refractivity contribution in [3.8, 4) is 5.75 Å². The van der Waals surface area contributed by atoms with Crippen molar-refractivity contribution >= 4 is 17.8 Å². The Morgan fingerprint density at radius 1 is 1.24 bits per heavy atom. The van der Waals surface area contributed by atoms with Crippen LogP contribution in [0.3, 0.4) is 0 Å². The van der Waals surface area contributed by atoms with E-state index >= 15 is 0 Å². The topological polar surface area (TPSA) is 95.9 Å². The summed E-state index contributed by atoms with van der Waals surface area (Å²) in [6.45, 7) is 5.86. The second-order valence-electron chi connectivity index (χ2n) is 5.80. The van der Waals surface area contributed by atoms with Gasteiger partial charge in [-0.1, -0.05) is 12.1 Å². The lowest BCUT2D eigenvalue weighted by Gasteiger charge is -2.24. The number of benzene rings is 1. The Morgan fingerprint density at radius 3 is 2.52 bits per heavy atom. The Balaban J connectivity index is 2.48. The molecule has 7 nitrogen and oxygen atoms in total. The average molecular weight is 350 g/mol. The number of para-hydroxylation sites is 1. The van der Waals surface area contributed by atoms with Crippen LogP contribution < -0.4 is 10.1 Å². The lowest BCUT2D eigenvalue weighted by atomic mass is 10.2. The zero-order chi connectivity index (χ0) is 18.8. The van der Waals surface area contributed by atoms with E-state index in [4.69, 9.17) is 9.84 Å². The quantitative estimate of drug-likeness (QED) is 0.629. The van der Waals surface area contributed by atoms with Gasteiger partial charge in [-0.05, 0) is 39.3 Å². The minimum atomic E-state index is -1.04. The Bertz CT molecular complexity index is 601. The largest absolute Gasteiger partial charge is 0.493 e. The molecule has 0 saturated heterocycles. The summed E-state index contributed by atoms with van der Waals surface area (Å²) in [5.41, 5.74) is 0.449. The first-order chi connectivity index (χ1) is 11.9. The van der Waals surface area contributed by atoms with Crippen LogP contribution in [0.1, 0.15) is 44.0 Å². The van der Waals surface area contributed by atoms with Crippen molar-refractivity contribution < 1.29 is 24.2 Å². The number of carbonyl (C=O) groups excluding carboxylic acids is 2. The Labute approximate surface area is 148 Å². The summed E-state index contributed by atoms with van der Waals surface area (Å²) in [6.07, 6.45) is 0.614. The minimum Gasteiger partial charge on any atom is -0.493 e. The molecule has 0 saturated carbocycles. The molecular formula is C18H26N2O5. The number of amides is 2. The van der Waals surface area contributed by atoms with Gasteiger partial charge in [0.25, 0.3) is 5.91 Å². The maximum atomic E-state index is 12.2. The smallest absolute Gasteiger partial charge is 0.323 e. The Kier molecular flexibility index (Phi) is 8.46. The summed E-state index contributed by atoms with van der Waals surface area (Å²) in [5.74, 6) is -1.02. The molecule has 2 amide bonds. The van der Waals surface area contributed by atoms with Crippen molar-refractivity contribution in [2.75, 3.05) is 19.7 Å². The van der Waals surface area contributed by atoms with Crippen molar-refractivity contribution in [1.29, 1.82) is 0 Å². The molecule has 2 N–H and O–H groups in total. The number of carboxylic acid groups (broad SMARTS) is 1. The van der Waals surface area contributed by atoms with Crippen LogP contribution in [0.4, 0.5) is 0 Å². The maximum Gasteiger partial charge on any atom is 0.323 e. The van der Waals surface area contributed by atoms with Gasteiger partial charge in [0.15, 0.2) is 0 Å². The van der Waals surface area contributed by atoms with E-state index in [2.05, 4.69) is 5.32 Å². The molecule has 0 bridgehead atoms. The first-order valence-electron chi connectivity index (χ1n) is 8.38. The first-order valence-corrected chi connectivity index (χ1v) is 8.38. The molecule has 0 heterocycles. The molecule has 1 aromatic carbocycles. The van der Waals surface area contributed by atoms with Crippen LogP contribution in [0.2, 0.25) is 0 Å². The summed E-state index contributed by atoms with van der Waals surface area (Å²) >= 11 is 0. The van der Waals surface area contributed by atoms with E-state index in [0.29, 0.717) is 30.9 Å². The van der Waals surface area contributed by atoms with Gasteiger partial charge < -0.3 is 20.1 Å². The number of nitrogens with one attached hydrogen (secondary N) is 1. The van der Waals surface area contributed by atoms with E-state index in [1.165, 1.54) is 4.90 Å². The molecule has 25 heavy (non-hydrogen) atoms. The Hall–Kier alpha value is -2.57. The van der Waals surface area contributed by atoms with Crippen LogP contribution in [0.15, 0.2) is 24.3 Å². The van der Waals surface area contributed by atoms with Gasteiger partial charge in [-0.15, -0.1) is 0 Å². The van der Waals surface area contributed by atoms with E-state index in [0.717, 1.165) is 0 Å². The molecule has 0 spiro atoms. The zero-order valence-electron chi connectivity index (χ0n) is 14.9. The summed E-state index contributed by atoms with van der Waals surface area (Å²) in [5, 5.41) is 11.6. The fourth-order valence-electron chi connectivity index (χ4n) is 2.32. The summed E-state index contributed by atoms with van der Waals surface area (Å²) < 4.78 is 5.42. The minimum absolute atomic E-state index is 0.179. The highest BCUT2D eigenvalue weighted by Crippen LogP contribution is 2.17. The number of nitrogens with zero attached hydrogens (tertiary/aromatic N) is 1. The molecule has 0 unspecified atom stereocenters. The Morgan fingerprint density at radius 2 is 1.92 bits per heavy atom. The van der Waals surface area contributed by atoms with Crippen molar-refractivity contribution in [2.45, 2.75) is 39.7 Å². The molecule has 0 aliphatic carbocycles.